The van der Waals surface area contributed by atoms with Crippen LogP contribution in [0.25, 0.3) is 10.2 Å². The Balaban J connectivity index is 1.56. The van der Waals surface area contributed by atoms with Crippen molar-refractivity contribution in [3.8, 4) is 0 Å². The number of nitro benzene ring substituents is 1. The Bertz CT molecular complexity index is 1360. The fourth-order valence-electron chi connectivity index (χ4n) is 2.78. The molecule has 2 aromatic heterocycles. The summed E-state index contributed by atoms with van der Waals surface area (Å²) in [6, 6.07) is 9.43. The number of hydrogen-bond acceptors (Lipinski definition) is 9. The summed E-state index contributed by atoms with van der Waals surface area (Å²) in [7, 11) is 1.73. The van der Waals surface area contributed by atoms with Crippen molar-refractivity contribution in [2.24, 2.45) is 7.05 Å². The summed E-state index contributed by atoms with van der Waals surface area (Å²) < 4.78 is 2.41. The van der Waals surface area contributed by atoms with Crippen molar-refractivity contribution in [3.05, 3.63) is 58.4 Å². The molecule has 2 aromatic carbocycles. The zero-order valence-electron chi connectivity index (χ0n) is 16.7. The molecule has 0 aliphatic rings. The van der Waals surface area contributed by atoms with E-state index in [0.29, 0.717) is 26.4 Å². The van der Waals surface area contributed by atoms with Gasteiger partial charge in [-0.1, -0.05) is 11.3 Å². The highest BCUT2D eigenvalue weighted by atomic mass is 32.2. The number of rotatable bonds is 6. The molecule has 0 aliphatic carbocycles. The molecule has 13 heteroatoms. The minimum Gasteiger partial charge on any atom is -0.326 e. The zero-order valence-corrected chi connectivity index (χ0v) is 18.4. The fraction of sp³-hybridized carbons (Fsp3) is 0.105. The third kappa shape index (κ3) is 4.58. The first-order valence-electron chi connectivity index (χ1n) is 9.10. The minimum absolute atomic E-state index is 0.122. The zero-order chi connectivity index (χ0) is 22.8. The van der Waals surface area contributed by atoms with E-state index in [1.54, 1.807) is 29.8 Å². The third-order valence-electron chi connectivity index (χ3n) is 4.22. The fourth-order valence-corrected chi connectivity index (χ4v) is 4.53. The Hall–Kier alpha value is -3.84. The number of nitro groups is 1. The second-order valence-corrected chi connectivity index (χ2v) is 8.64. The molecule has 0 spiro atoms. The lowest BCUT2D eigenvalue weighted by Crippen LogP contribution is -2.12. The number of aryl methyl sites for hydroxylation is 1. The predicted molar refractivity (Wildman–Crippen MR) is 120 cm³/mol. The van der Waals surface area contributed by atoms with Crippen molar-refractivity contribution in [1.29, 1.82) is 0 Å². The molecule has 0 saturated heterocycles. The number of thiazole rings is 1. The van der Waals surface area contributed by atoms with Gasteiger partial charge in [0.2, 0.25) is 5.91 Å². The molecule has 2 heterocycles. The van der Waals surface area contributed by atoms with Crippen LogP contribution in [-0.2, 0) is 11.8 Å². The molecule has 2 N–H and O–H groups in total. The van der Waals surface area contributed by atoms with Gasteiger partial charge in [-0.2, -0.15) is 0 Å². The second-order valence-electron chi connectivity index (χ2n) is 6.60. The van der Waals surface area contributed by atoms with Crippen molar-refractivity contribution >= 4 is 61.6 Å². The normalized spacial score (nSPS) is 10.8. The number of aromatic nitrogens is 4. The molecule has 0 bridgehead atoms. The molecular formula is C19H15N7O4S2. The maximum absolute atomic E-state index is 12.7. The van der Waals surface area contributed by atoms with Crippen LogP contribution in [0, 0.1) is 10.1 Å². The van der Waals surface area contributed by atoms with E-state index in [2.05, 4.69) is 25.8 Å². The van der Waals surface area contributed by atoms with Gasteiger partial charge in [0, 0.05) is 31.3 Å². The molecule has 0 radical (unpaired) electrons. The van der Waals surface area contributed by atoms with E-state index >= 15 is 0 Å². The van der Waals surface area contributed by atoms with E-state index in [1.165, 1.54) is 42.8 Å². The quantitative estimate of drug-likeness (QED) is 0.321. The summed E-state index contributed by atoms with van der Waals surface area (Å²) in [4.78, 5) is 39.6. The number of fused-ring (bicyclic) bond motifs is 1. The molecule has 11 nitrogen and oxygen atoms in total. The number of anilines is 2. The summed E-state index contributed by atoms with van der Waals surface area (Å²) in [6.45, 7) is 1.42. The van der Waals surface area contributed by atoms with Gasteiger partial charge in [0.25, 0.3) is 11.6 Å². The summed E-state index contributed by atoms with van der Waals surface area (Å²) in [6.07, 6.45) is 1.49. The van der Waals surface area contributed by atoms with E-state index < -0.39 is 10.8 Å². The van der Waals surface area contributed by atoms with Gasteiger partial charge < -0.3 is 9.88 Å². The lowest BCUT2D eigenvalue weighted by atomic mass is 10.2. The molecule has 2 amide bonds. The first-order chi connectivity index (χ1) is 15.3. The number of carbonyl (C=O) groups is 2. The van der Waals surface area contributed by atoms with Gasteiger partial charge in [-0.15, -0.1) is 10.2 Å². The van der Waals surface area contributed by atoms with Crippen molar-refractivity contribution in [2.75, 3.05) is 10.6 Å². The first kappa shape index (κ1) is 21.4. The highest BCUT2D eigenvalue weighted by Gasteiger charge is 2.20. The van der Waals surface area contributed by atoms with E-state index in [0.717, 1.165) is 16.5 Å². The standard InChI is InChI=1S/C19H15N7O4S2/c1-10(27)21-12-4-5-13-16(8-12)31-18(22-13)23-17(28)11-3-6-15(14(7-11)26(29)30)32-19-24-20-9-25(19)2/h3-9H,1-2H3,(H,21,27)(H,22,23,28). The Kier molecular flexibility index (Phi) is 5.83. The summed E-state index contributed by atoms with van der Waals surface area (Å²) >= 11 is 2.31. The van der Waals surface area contributed by atoms with E-state index in [1.807, 2.05) is 0 Å². The maximum atomic E-state index is 12.7. The van der Waals surface area contributed by atoms with Crippen molar-refractivity contribution in [2.45, 2.75) is 17.0 Å². The van der Waals surface area contributed by atoms with Crippen LogP contribution in [0.4, 0.5) is 16.5 Å². The maximum Gasteiger partial charge on any atom is 0.284 e. The van der Waals surface area contributed by atoms with Crippen molar-refractivity contribution in [3.63, 3.8) is 0 Å². The topological polar surface area (TPSA) is 145 Å². The van der Waals surface area contributed by atoms with Gasteiger partial charge in [-0.25, -0.2) is 4.98 Å². The highest BCUT2D eigenvalue weighted by molar-refractivity contribution is 7.99. The molecule has 0 fully saturated rings. The molecule has 4 aromatic rings. The van der Waals surface area contributed by atoms with Crippen LogP contribution in [-0.4, -0.2) is 36.5 Å². The van der Waals surface area contributed by atoms with Crippen LogP contribution in [0.5, 0.6) is 0 Å². The van der Waals surface area contributed by atoms with Crippen molar-refractivity contribution < 1.29 is 14.5 Å². The minimum atomic E-state index is -0.545. The molecule has 0 aliphatic heterocycles. The molecule has 0 saturated carbocycles. The number of hydrogen-bond donors (Lipinski definition) is 2. The average Bonchev–Trinajstić information content (AvgIpc) is 3.32. The smallest absolute Gasteiger partial charge is 0.284 e. The first-order valence-corrected chi connectivity index (χ1v) is 10.7. The van der Waals surface area contributed by atoms with Gasteiger partial charge in [-0.3, -0.25) is 25.0 Å². The largest absolute Gasteiger partial charge is 0.326 e. The molecule has 0 unspecified atom stereocenters. The van der Waals surface area contributed by atoms with E-state index in [-0.39, 0.29) is 17.2 Å². The van der Waals surface area contributed by atoms with Gasteiger partial charge in [0.15, 0.2) is 10.3 Å². The molecular weight excluding hydrogens is 454 g/mol. The SMILES string of the molecule is CC(=O)Nc1ccc2nc(NC(=O)c3ccc(Sc4nncn4C)c([N+](=O)[O-])c3)sc2c1. The second kappa shape index (κ2) is 8.72. The summed E-state index contributed by atoms with van der Waals surface area (Å²) in [5.41, 5.74) is 1.19. The number of carbonyl (C=O) groups excluding carboxylic acids is 2. The molecule has 4 rings (SSSR count). The molecule has 162 valence electrons. The van der Waals surface area contributed by atoms with Crippen molar-refractivity contribution in [1.82, 2.24) is 19.7 Å². The Labute approximate surface area is 189 Å². The lowest BCUT2D eigenvalue weighted by Gasteiger charge is -2.05. The number of nitrogens with zero attached hydrogens (tertiary/aromatic N) is 5. The van der Waals surface area contributed by atoms with Crippen LogP contribution in [0.3, 0.4) is 0 Å². The number of nitrogens with one attached hydrogen (secondary N) is 2. The van der Waals surface area contributed by atoms with Gasteiger partial charge in [0.1, 0.15) is 6.33 Å². The van der Waals surface area contributed by atoms with Gasteiger partial charge >= 0.3 is 0 Å². The predicted octanol–water partition coefficient (Wildman–Crippen LogP) is 3.69. The van der Waals surface area contributed by atoms with Gasteiger partial charge in [0.05, 0.1) is 20.0 Å². The van der Waals surface area contributed by atoms with Crippen LogP contribution in [0.15, 0.2) is 52.8 Å². The Morgan fingerprint density at radius 2 is 2.00 bits per heavy atom. The number of amides is 2. The van der Waals surface area contributed by atoms with Crippen LogP contribution < -0.4 is 10.6 Å². The molecule has 32 heavy (non-hydrogen) atoms. The monoisotopic (exact) mass is 469 g/mol. The molecule has 0 atom stereocenters. The van der Waals surface area contributed by atoms with Crippen LogP contribution in [0.1, 0.15) is 17.3 Å². The van der Waals surface area contributed by atoms with Crippen LogP contribution >= 0.6 is 23.1 Å². The lowest BCUT2D eigenvalue weighted by molar-refractivity contribution is -0.387. The van der Waals surface area contributed by atoms with Crippen LogP contribution in [0.2, 0.25) is 0 Å². The third-order valence-corrected chi connectivity index (χ3v) is 6.27. The Morgan fingerprint density at radius 1 is 1.19 bits per heavy atom. The Morgan fingerprint density at radius 3 is 2.69 bits per heavy atom. The van der Waals surface area contributed by atoms with E-state index in [4.69, 9.17) is 0 Å². The summed E-state index contributed by atoms with van der Waals surface area (Å²) in [5, 5.41) is 25.4. The average molecular weight is 470 g/mol. The number of benzene rings is 2. The van der Waals surface area contributed by atoms with E-state index in [9.17, 15) is 19.7 Å². The highest BCUT2D eigenvalue weighted by Crippen LogP contribution is 2.34. The van der Waals surface area contributed by atoms with Gasteiger partial charge in [-0.05, 0) is 42.1 Å². The summed E-state index contributed by atoms with van der Waals surface area (Å²) in [5.74, 6) is -0.714.